The van der Waals surface area contributed by atoms with Crippen LogP contribution in [0.15, 0.2) is 23.6 Å². The van der Waals surface area contributed by atoms with Crippen molar-refractivity contribution in [1.29, 1.82) is 0 Å². The third-order valence-corrected chi connectivity index (χ3v) is 1.12. The zero-order valence-corrected chi connectivity index (χ0v) is 5.56. The fourth-order valence-corrected chi connectivity index (χ4v) is 0.574. The van der Waals surface area contributed by atoms with Crippen molar-refractivity contribution >= 4 is 0 Å². The van der Waals surface area contributed by atoms with Gasteiger partial charge in [0.15, 0.2) is 5.82 Å². The van der Waals surface area contributed by atoms with Crippen molar-refractivity contribution in [3.8, 4) is 0 Å². The van der Waals surface area contributed by atoms with Crippen LogP contribution in [0, 0.1) is 4.91 Å². The Balaban J connectivity index is 2.84. The Kier molecular flexibility index (Phi) is 2.04. The van der Waals surface area contributed by atoms with Crippen LogP contribution in [0.3, 0.4) is 0 Å². The van der Waals surface area contributed by atoms with Gasteiger partial charge in [-0.2, -0.15) is 4.91 Å². The number of hydrogen-bond donors (Lipinski definition) is 0. The predicted octanol–water partition coefficient (Wildman–Crippen LogP) is 1.30. The van der Waals surface area contributed by atoms with Gasteiger partial charge in [-0.15, -0.1) is 0 Å². The summed E-state index contributed by atoms with van der Waals surface area (Å²) in [6.45, 7) is 1.66. The molecule has 1 unspecified atom stereocenters. The summed E-state index contributed by atoms with van der Waals surface area (Å²) in [5, 5.41) is 2.78. The first-order chi connectivity index (χ1) is 4.84. The predicted molar refractivity (Wildman–Crippen MR) is 36.2 cm³/mol. The van der Waals surface area contributed by atoms with Gasteiger partial charge in [0.2, 0.25) is 0 Å². The van der Waals surface area contributed by atoms with Crippen molar-refractivity contribution in [2.75, 3.05) is 0 Å². The molecular formula is C6H7N3O. The lowest BCUT2D eigenvalue weighted by atomic mass is 10.3. The topological polar surface area (TPSA) is 55.2 Å². The van der Waals surface area contributed by atoms with Gasteiger partial charge >= 0.3 is 0 Å². The van der Waals surface area contributed by atoms with Crippen molar-refractivity contribution < 1.29 is 0 Å². The van der Waals surface area contributed by atoms with Gasteiger partial charge in [0.1, 0.15) is 6.04 Å². The summed E-state index contributed by atoms with van der Waals surface area (Å²) in [5.74, 6) is 0.470. The zero-order valence-electron chi connectivity index (χ0n) is 5.56. The van der Waals surface area contributed by atoms with Gasteiger partial charge in [-0.3, -0.25) is 0 Å². The van der Waals surface area contributed by atoms with E-state index in [9.17, 15) is 4.91 Å². The van der Waals surface area contributed by atoms with Crippen LogP contribution in [-0.2, 0) is 0 Å². The quantitative estimate of drug-likeness (QED) is 0.577. The maximum atomic E-state index is 9.98. The summed E-state index contributed by atoms with van der Waals surface area (Å²) in [7, 11) is 0. The van der Waals surface area contributed by atoms with Crippen LogP contribution in [0.25, 0.3) is 0 Å². The van der Waals surface area contributed by atoms with Gasteiger partial charge in [0, 0.05) is 12.4 Å². The molecule has 4 nitrogen and oxygen atoms in total. The third-order valence-electron chi connectivity index (χ3n) is 1.12. The Morgan fingerprint density at radius 2 is 2.10 bits per heavy atom. The fraction of sp³-hybridized carbons (Fsp3) is 0.333. The van der Waals surface area contributed by atoms with E-state index >= 15 is 0 Å². The second-order valence-corrected chi connectivity index (χ2v) is 1.89. The van der Waals surface area contributed by atoms with Crippen molar-refractivity contribution in [2.45, 2.75) is 13.0 Å². The summed E-state index contributed by atoms with van der Waals surface area (Å²) in [5.41, 5.74) is 0. The molecule has 0 saturated heterocycles. The van der Waals surface area contributed by atoms with E-state index in [4.69, 9.17) is 0 Å². The lowest BCUT2D eigenvalue weighted by molar-refractivity contribution is 0.735. The maximum Gasteiger partial charge on any atom is 0.156 e. The van der Waals surface area contributed by atoms with E-state index in [0.29, 0.717) is 5.82 Å². The van der Waals surface area contributed by atoms with Gasteiger partial charge in [0.05, 0.1) is 0 Å². The van der Waals surface area contributed by atoms with Crippen LogP contribution in [0.4, 0.5) is 0 Å². The molecule has 1 atom stereocenters. The smallest absolute Gasteiger partial charge is 0.156 e. The van der Waals surface area contributed by atoms with Crippen LogP contribution < -0.4 is 0 Å². The number of rotatable bonds is 2. The van der Waals surface area contributed by atoms with E-state index in [1.807, 2.05) is 0 Å². The molecule has 0 aliphatic heterocycles. The van der Waals surface area contributed by atoms with E-state index in [0.717, 1.165) is 0 Å². The molecule has 0 bridgehead atoms. The van der Waals surface area contributed by atoms with Crippen molar-refractivity contribution in [3.05, 3.63) is 29.2 Å². The van der Waals surface area contributed by atoms with E-state index in [2.05, 4.69) is 15.1 Å². The van der Waals surface area contributed by atoms with E-state index in [1.165, 1.54) is 0 Å². The molecule has 1 aromatic rings. The van der Waals surface area contributed by atoms with E-state index in [-0.39, 0.29) is 0 Å². The average Bonchev–Trinajstić information content (AvgIpc) is 2.05. The van der Waals surface area contributed by atoms with Gasteiger partial charge in [-0.1, -0.05) is 5.18 Å². The van der Waals surface area contributed by atoms with Gasteiger partial charge in [-0.25, -0.2) is 9.97 Å². The largest absolute Gasteiger partial charge is 0.239 e. The third kappa shape index (κ3) is 1.34. The minimum Gasteiger partial charge on any atom is -0.239 e. The molecule has 4 heteroatoms. The first-order valence-electron chi connectivity index (χ1n) is 2.94. The fourth-order valence-electron chi connectivity index (χ4n) is 0.574. The molecule has 0 aliphatic rings. The molecule has 0 fully saturated rings. The second-order valence-electron chi connectivity index (χ2n) is 1.89. The number of hydrogen-bond acceptors (Lipinski definition) is 4. The van der Waals surface area contributed by atoms with Crippen LogP contribution in [0.1, 0.15) is 18.8 Å². The molecule has 0 aliphatic carbocycles. The first kappa shape index (κ1) is 6.80. The van der Waals surface area contributed by atoms with Crippen LogP contribution in [0.5, 0.6) is 0 Å². The highest BCUT2D eigenvalue weighted by Crippen LogP contribution is 2.08. The molecule has 0 spiro atoms. The Labute approximate surface area is 58.3 Å². The maximum absolute atomic E-state index is 9.98. The summed E-state index contributed by atoms with van der Waals surface area (Å²) in [6.07, 6.45) is 3.17. The zero-order chi connectivity index (χ0) is 7.40. The average molecular weight is 137 g/mol. The second kappa shape index (κ2) is 3.00. The van der Waals surface area contributed by atoms with Gasteiger partial charge in [0.25, 0.3) is 0 Å². The summed E-state index contributed by atoms with van der Waals surface area (Å²) in [4.78, 5) is 17.7. The van der Waals surface area contributed by atoms with Crippen LogP contribution in [-0.4, -0.2) is 9.97 Å². The van der Waals surface area contributed by atoms with Crippen molar-refractivity contribution in [3.63, 3.8) is 0 Å². The summed E-state index contributed by atoms with van der Waals surface area (Å²) >= 11 is 0. The molecule has 0 amide bonds. The van der Waals surface area contributed by atoms with Crippen molar-refractivity contribution in [2.24, 2.45) is 5.18 Å². The van der Waals surface area contributed by atoms with Crippen LogP contribution in [0.2, 0.25) is 0 Å². The molecule has 1 heterocycles. The van der Waals surface area contributed by atoms with Gasteiger partial charge in [-0.05, 0) is 13.0 Å². The molecule has 0 N–H and O–H groups in total. The molecule has 0 radical (unpaired) electrons. The van der Waals surface area contributed by atoms with Gasteiger partial charge < -0.3 is 0 Å². The Morgan fingerprint density at radius 3 is 2.60 bits per heavy atom. The lowest BCUT2D eigenvalue weighted by Crippen LogP contribution is -1.95. The lowest BCUT2D eigenvalue weighted by Gasteiger charge is -1.96. The van der Waals surface area contributed by atoms with Crippen molar-refractivity contribution in [1.82, 2.24) is 9.97 Å². The molecule has 0 aromatic carbocycles. The molecule has 1 aromatic heterocycles. The van der Waals surface area contributed by atoms with Crippen LogP contribution >= 0.6 is 0 Å². The number of nitroso groups, excluding NO2 is 1. The molecule has 10 heavy (non-hydrogen) atoms. The number of aromatic nitrogens is 2. The minimum absolute atomic E-state index is 0.443. The molecular weight excluding hydrogens is 130 g/mol. The molecule has 1 rings (SSSR count). The standard InChI is InChI=1S/C6H7N3O/c1-5(9-10)6-7-3-2-4-8-6/h2-5H,1H3. The Bertz CT molecular complexity index is 211. The Morgan fingerprint density at radius 1 is 1.50 bits per heavy atom. The minimum atomic E-state index is -0.443. The highest BCUT2D eigenvalue weighted by molar-refractivity contribution is 4.93. The first-order valence-corrected chi connectivity index (χ1v) is 2.94. The molecule has 0 saturated carbocycles. The monoisotopic (exact) mass is 137 g/mol. The Hall–Kier alpha value is -1.32. The molecule has 52 valence electrons. The normalized spacial score (nSPS) is 12.5. The SMILES string of the molecule is CC(N=O)c1ncccn1. The highest BCUT2D eigenvalue weighted by atomic mass is 16.3. The summed E-state index contributed by atoms with van der Waals surface area (Å²) < 4.78 is 0. The highest BCUT2D eigenvalue weighted by Gasteiger charge is 2.05. The summed E-state index contributed by atoms with van der Waals surface area (Å²) in [6, 6.07) is 1.25. The van der Waals surface area contributed by atoms with E-state index in [1.54, 1.807) is 25.4 Å². The number of nitrogens with zero attached hydrogens (tertiary/aromatic N) is 3. The van der Waals surface area contributed by atoms with E-state index < -0.39 is 6.04 Å².